The van der Waals surface area contributed by atoms with E-state index in [2.05, 4.69) is 50.8 Å². The Morgan fingerprint density at radius 2 is 1.89 bits per heavy atom. The van der Waals surface area contributed by atoms with E-state index in [9.17, 15) is 4.39 Å². The lowest BCUT2D eigenvalue weighted by molar-refractivity contribution is 0.628. The summed E-state index contributed by atoms with van der Waals surface area (Å²) in [6.07, 6.45) is 5.92. The Hall–Kier alpha value is -2.92. The van der Waals surface area contributed by atoms with E-state index in [1.165, 1.54) is 17.2 Å². The van der Waals surface area contributed by atoms with Crippen LogP contribution in [0, 0.1) is 12.7 Å². The number of aryl methyl sites for hydroxylation is 2. The fourth-order valence-electron chi connectivity index (χ4n) is 3.60. The van der Waals surface area contributed by atoms with Crippen LogP contribution >= 0.6 is 0 Å². The van der Waals surface area contributed by atoms with Crippen LogP contribution in [0.1, 0.15) is 23.9 Å². The number of halogens is 1. The summed E-state index contributed by atoms with van der Waals surface area (Å²) >= 11 is 0. The Labute approximate surface area is 158 Å². The predicted octanol–water partition coefficient (Wildman–Crippen LogP) is 4.58. The molecule has 0 unspecified atom stereocenters. The molecule has 2 heterocycles. The number of benzene rings is 2. The summed E-state index contributed by atoms with van der Waals surface area (Å²) in [5.74, 6) is 0.773. The van der Waals surface area contributed by atoms with Gasteiger partial charge in [-0.3, -0.25) is 0 Å². The van der Waals surface area contributed by atoms with Gasteiger partial charge in [-0.05, 0) is 49.2 Å². The number of rotatable bonds is 6. The van der Waals surface area contributed by atoms with Crippen LogP contribution < -0.4 is 5.32 Å². The van der Waals surface area contributed by atoms with Crippen LogP contribution in [0.3, 0.4) is 0 Å². The van der Waals surface area contributed by atoms with Crippen LogP contribution in [-0.2, 0) is 19.6 Å². The lowest BCUT2D eigenvalue weighted by Crippen LogP contribution is -2.14. The number of aromatic nitrogens is 3. The molecule has 2 aromatic heterocycles. The zero-order chi connectivity index (χ0) is 18.8. The predicted molar refractivity (Wildman–Crippen MR) is 106 cm³/mol. The van der Waals surface area contributed by atoms with E-state index >= 15 is 0 Å². The molecule has 0 saturated heterocycles. The first-order chi connectivity index (χ1) is 13.2. The number of para-hydroxylation sites is 1. The summed E-state index contributed by atoms with van der Waals surface area (Å²) in [6.45, 7) is 6.37. The molecule has 138 valence electrons. The van der Waals surface area contributed by atoms with E-state index in [1.807, 2.05) is 31.5 Å². The van der Waals surface area contributed by atoms with Gasteiger partial charge in [-0.2, -0.15) is 0 Å². The summed E-state index contributed by atoms with van der Waals surface area (Å²) in [7, 11) is 0. The SMILES string of the molecule is CCn1cc(CNCc2ccccc2-n2ccnc2C)c2ccc(F)cc21. The second-order valence-corrected chi connectivity index (χ2v) is 6.68. The highest BCUT2D eigenvalue weighted by Crippen LogP contribution is 2.23. The molecular weight excluding hydrogens is 339 g/mol. The van der Waals surface area contributed by atoms with Crippen LogP contribution in [-0.4, -0.2) is 14.1 Å². The Morgan fingerprint density at radius 1 is 1.07 bits per heavy atom. The third kappa shape index (κ3) is 3.38. The lowest BCUT2D eigenvalue weighted by Gasteiger charge is -2.12. The smallest absolute Gasteiger partial charge is 0.125 e. The standard InChI is InChI=1S/C22H23FN4/c1-3-26-15-18(20-9-8-19(23)12-22(20)26)14-24-13-17-6-4-5-7-21(17)27-11-10-25-16(27)2/h4-12,15,24H,3,13-14H2,1-2H3. The number of imidazole rings is 1. The summed E-state index contributed by atoms with van der Waals surface area (Å²) in [5.41, 5.74) is 4.48. The lowest BCUT2D eigenvalue weighted by atomic mass is 10.1. The van der Waals surface area contributed by atoms with Crippen molar-refractivity contribution in [3.63, 3.8) is 0 Å². The molecule has 0 radical (unpaired) electrons. The van der Waals surface area contributed by atoms with Gasteiger partial charge in [0.15, 0.2) is 0 Å². The van der Waals surface area contributed by atoms with Crippen LogP contribution in [0.5, 0.6) is 0 Å². The highest BCUT2D eigenvalue weighted by atomic mass is 19.1. The second-order valence-electron chi connectivity index (χ2n) is 6.68. The first-order valence-electron chi connectivity index (χ1n) is 9.23. The molecule has 4 aromatic rings. The summed E-state index contributed by atoms with van der Waals surface area (Å²) in [4.78, 5) is 4.32. The van der Waals surface area contributed by atoms with Gasteiger partial charge in [0, 0.05) is 43.6 Å². The molecule has 0 amide bonds. The molecule has 0 aliphatic carbocycles. The van der Waals surface area contributed by atoms with Crippen molar-refractivity contribution in [3.05, 3.63) is 83.8 Å². The minimum absolute atomic E-state index is 0.195. The average Bonchev–Trinajstić information content (AvgIpc) is 3.25. The van der Waals surface area contributed by atoms with Crippen molar-refractivity contribution in [2.24, 2.45) is 0 Å². The van der Waals surface area contributed by atoms with Crippen LogP contribution in [0.4, 0.5) is 4.39 Å². The van der Waals surface area contributed by atoms with Crippen molar-refractivity contribution in [1.29, 1.82) is 0 Å². The first kappa shape index (κ1) is 17.5. The highest BCUT2D eigenvalue weighted by molar-refractivity contribution is 5.84. The quantitative estimate of drug-likeness (QED) is 0.545. The molecule has 0 bridgehead atoms. The molecule has 27 heavy (non-hydrogen) atoms. The van der Waals surface area contributed by atoms with E-state index in [0.717, 1.165) is 42.0 Å². The number of hydrogen-bond acceptors (Lipinski definition) is 2. The van der Waals surface area contributed by atoms with E-state index < -0.39 is 0 Å². The molecule has 5 heteroatoms. The molecule has 0 fully saturated rings. The average molecular weight is 362 g/mol. The van der Waals surface area contributed by atoms with Gasteiger partial charge in [-0.25, -0.2) is 9.37 Å². The van der Waals surface area contributed by atoms with Crippen LogP contribution in [0.15, 0.2) is 61.1 Å². The van der Waals surface area contributed by atoms with E-state index in [1.54, 1.807) is 6.07 Å². The number of fused-ring (bicyclic) bond motifs is 1. The molecule has 1 N–H and O–H groups in total. The van der Waals surface area contributed by atoms with Gasteiger partial charge in [-0.15, -0.1) is 0 Å². The topological polar surface area (TPSA) is 34.8 Å². The summed E-state index contributed by atoms with van der Waals surface area (Å²) in [6, 6.07) is 13.4. The molecule has 4 rings (SSSR count). The molecule has 4 nitrogen and oxygen atoms in total. The minimum atomic E-state index is -0.195. The molecule has 0 aliphatic rings. The maximum atomic E-state index is 13.6. The van der Waals surface area contributed by atoms with Gasteiger partial charge in [0.2, 0.25) is 0 Å². The van der Waals surface area contributed by atoms with Gasteiger partial charge in [0.25, 0.3) is 0 Å². The van der Waals surface area contributed by atoms with Gasteiger partial charge >= 0.3 is 0 Å². The van der Waals surface area contributed by atoms with Crippen molar-refractivity contribution in [1.82, 2.24) is 19.4 Å². The third-order valence-electron chi connectivity index (χ3n) is 4.98. The Morgan fingerprint density at radius 3 is 2.67 bits per heavy atom. The highest BCUT2D eigenvalue weighted by Gasteiger charge is 2.10. The van der Waals surface area contributed by atoms with Gasteiger partial charge in [0.05, 0.1) is 11.2 Å². The van der Waals surface area contributed by atoms with Gasteiger partial charge in [-0.1, -0.05) is 18.2 Å². The van der Waals surface area contributed by atoms with Crippen molar-refractivity contribution in [2.75, 3.05) is 0 Å². The fraction of sp³-hybridized carbons (Fsp3) is 0.227. The van der Waals surface area contributed by atoms with Gasteiger partial charge in [0.1, 0.15) is 11.6 Å². The summed E-state index contributed by atoms with van der Waals surface area (Å²) in [5, 5.41) is 4.64. The zero-order valence-corrected chi connectivity index (χ0v) is 15.6. The Bertz CT molecular complexity index is 1080. The van der Waals surface area contributed by atoms with Crippen molar-refractivity contribution < 1.29 is 4.39 Å². The number of nitrogens with zero attached hydrogens (tertiary/aromatic N) is 3. The van der Waals surface area contributed by atoms with E-state index in [-0.39, 0.29) is 5.82 Å². The van der Waals surface area contributed by atoms with Crippen molar-refractivity contribution in [2.45, 2.75) is 33.5 Å². The normalized spacial score (nSPS) is 11.4. The molecule has 0 atom stereocenters. The Balaban J connectivity index is 1.55. The van der Waals surface area contributed by atoms with Gasteiger partial charge < -0.3 is 14.5 Å². The maximum absolute atomic E-state index is 13.6. The van der Waals surface area contributed by atoms with Crippen molar-refractivity contribution >= 4 is 10.9 Å². The monoisotopic (exact) mass is 362 g/mol. The molecule has 0 saturated carbocycles. The number of nitrogens with one attached hydrogen (secondary N) is 1. The molecular formula is C22H23FN4. The Kier molecular flexibility index (Phi) is 4.77. The molecule has 0 aliphatic heterocycles. The molecule has 2 aromatic carbocycles. The minimum Gasteiger partial charge on any atom is -0.347 e. The zero-order valence-electron chi connectivity index (χ0n) is 15.6. The van der Waals surface area contributed by atoms with Crippen LogP contribution in [0.2, 0.25) is 0 Å². The first-order valence-corrected chi connectivity index (χ1v) is 9.23. The molecule has 0 spiro atoms. The third-order valence-corrected chi connectivity index (χ3v) is 4.98. The van der Waals surface area contributed by atoms with E-state index in [4.69, 9.17) is 0 Å². The summed E-state index contributed by atoms with van der Waals surface area (Å²) < 4.78 is 17.8. The fourth-order valence-corrected chi connectivity index (χ4v) is 3.60. The van der Waals surface area contributed by atoms with Crippen LogP contribution in [0.25, 0.3) is 16.6 Å². The number of hydrogen-bond donors (Lipinski definition) is 1. The largest absolute Gasteiger partial charge is 0.347 e. The second kappa shape index (κ2) is 7.37. The maximum Gasteiger partial charge on any atom is 0.125 e. The van der Waals surface area contributed by atoms with Crippen molar-refractivity contribution in [3.8, 4) is 5.69 Å². The van der Waals surface area contributed by atoms with E-state index in [0.29, 0.717) is 0 Å².